The summed E-state index contributed by atoms with van der Waals surface area (Å²) in [5, 5.41) is 0. The number of likely N-dealkylation sites (N-methyl/N-ethyl adjacent to an activating group) is 2. The van der Waals surface area contributed by atoms with Crippen molar-refractivity contribution < 1.29 is 23.9 Å². The fourth-order valence-corrected chi connectivity index (χ4v) is 8.63. The lowest BCUT2D eigenvalue weighted by atomic mass is 10.0. The van der Waals surface area contributed by atoms with E-state index in [0.717, 1.165) is 46.5 Å². The molecule has 0 aliphatic heterocycles. The van der Waals surface area contributed by atoms with Crippen molar-refractivity contribution >= 4 is 180 Å². The number of ether oxygens (including phenoxy) is 2. The number of nitrogens with zero attached hydrogens (tertiary/aromatic N) is 8. The molecule has 0 atom stereocenters. The molecule has 1 aliphatic carbocycles. The first-order chi connectivity index (χ1) is 37.7. The molecule has 6 aromatic rings. The molecule has 80 heavy (non-hydrogen) atoms. The Morgan fingerprint density at radius 3 is 1.09 bits per heavy atom. The van der Waals surface area contributed by atoms with Crippen LogP contribution in [0.5, 0.6) is 0 Å². The highest BCUT2D eigenvalue weighted by Crippen LogP contribution is 2.42. The maximum Gasteiger partial charge on any atom is 0.338 e. The van der Waals surface area contributed by atoms with E-state index < -0.39 is 27.1 Å². The number of hydrogen-bond donors (Lipinski definition) is 0. The Morgan fingerprint density at radius 2 is 0.787 bits per heavy atom. The molecule has 1 fully saturated rings. The minimum atomic E-state index is -2.01. The Balaban J connectivity index is 0.848. The van der Waals surface area contributed by atoms with Crippen LogP contribution < -0.4 is 9.80 Å². The van der Waals surface area contributed by atoms with Gasteiger partial charge in [-0.15, -0.1) is 0 Å². The summed E-state index contributed by atoms with van der Waals surface area (Å²) in [6.07, 6.45) is 14.7. The Labute approximate surface area is 521 Å². The fourth-order valence-electron chi connectivity index (χ4n) is 7.62. The number of benzene rings is 4. The van der Waals surface area contributed by atoms with E-state index in [4.69, 9.17) is 149 Å². The fraction of sp³-hybridized carbons (Fsp3) is 0.255. The van der Waals surface area contributed by atoms with Crippen molar-refractivity contribution in [2.45, 2.75) is 40.9 Å². The minimum Gasteiger partial charge on any atom is -0.460 e. The Kier molecular flexibility index (Phi) is 21.9. The predicted octanol–water partition coefficient (Wildman–Crippen LogP) is 16.0. The van der Waals surface area contributed by atoms with Crippen LogP contribution in [0.1, 0.15) is 80.8 Å². The zero-order chi connectivity index (χ0) is 58.0. The number of carbonyl (C=O) groups excluding carboxylic acids is 3. The molecule has 0 amide bonds. The average molecular weight is 1320 g/mol. The highest BCUT2D eigenvalue weighted by molar-refractivity contribution is 6.68. The molecule has 418 valence electrons. The number of Topliss-reactive ketones (excluding diaryl/α,β-unsaturated/α-hetero) is 1. The van der Waals surface area contributed by atoms with Crippen LogP contribution in [0.2, 0.25) is 0 Å². The van der Waals surface area contributed by atoms with Gasteiger partial charge in [-0.05, 0) is 96.5 Å². The summed E-state index contributed by atoms with van der Waals surface area (Å²) in [5.41, 5.74) is 6.76. The number of ketones is 1. The molecule has 2 aromatic heterocycles. The first-order valence-corrected chi connectivity index (χ1v) is 28.5. The zero-order valence-electron chi connectivity index (χ0n) is 42.0. The number of rotatable bonds is 16. The topological polar surface area (TPSA) is 153 Å². The summed E-state index contributed by atoms with van der Waals surface area (Å²) < 4.78 is 3.05. The lowest BCUT2D eigenvalue weighted by Gasteiger charge is -2.19. The van der Waals surface area contributed by atoms with Crippen LogP contribution in [0.25, 0.3) is 34.9 Å². The van der Waals surface area contributed by atoms with Crippen LogP contribution >= 0.6 is 139 Å². The van der Waals surface area contributed by atoms with Gasteiger partial charge in [-0.2, -0.15) is 0 Å². The molecule has 1 aliphatic rings. The van der Waals surface area contributed by atoms with E-state index in [0.29, 0.717) is 48.2 Å². The van der Waals surface area contributed by atoms with Gasteiger partial charge in [0, 0.05) is 36.6 Å². The van der Waals surface area contributed by atoms with Gasteiger partial charge in [-0.1, -0.05) is 224 Å². The van der Waals surface area contributed by atoms with Crippen molar-refractivity contribution in [3.05, 3.63) is 178 Å². The summed E-state index contributed by atoms with van der Waals surface area (Å²) >= 11 is 72.0. The number of hydrogen-bond acceptors (Lipinski definition) is 13. The van der Waals surface area contributed by atoms with Gasteiger partial charge in [0.25, 0.3) is 0 Å². The second-order valence-electron chi connectivity index (χ2n) is 17.7. The molecular weight excluding hydrogens is 1280 g/mol. The molecular formula is C55H44Cl12N8O5. The quantitative estimate of drug-likeness (QED) is 0.0391. The SMILES string of the molecule is CN(CCOC(=O)c1ccc(-c2nc(C(Cl)(Cl)Cl)nc(C(Cl)(Cl)Cl)n2)cc1)c1ccc(/C=C/C=C2\CCCC/C(=C\C=C\c3ccc(N(C)CCOC(=O)c4ccc(-c5nc(C(Cl)(Cl)Cl)nc(C(Cl)(Cl)Cl)n5)cc4)cc3)C2=O)cc1. The van der Waals surface area contributed by atoms with E-state index in [1.807, 2.05) is 109 Å². The van der Waals surface area contributed by atoms with Crippen LogP contribution in [-0.4, -0.2) is 88.0 Å². The number of halogens is 12. The Bertz CT molecular complexity index is 3020. The van der Waals surface area contributed by atoms with E-state index in [1.165, 1.54) is 0 Å². The minimum absolute atomic E-state index is 0.0439. The van der Waals surface area contributed by atoms with Crippen LogP contribution in [-0.2, 0) is 29.4 Å². The van der Waals surface area contributed by atoms with Crippen LogP contribution in [0, 0.1) is 0 Å². The molecule has 25 heteroatoms. The number of anilines is 2. The highest BCUT2D eigenvalue weighted by atomic mass is 35.6. The maximum atomic E-state index is 13.6. The first-order valence-electron chi connectivity index (χ1n) is 24.0. The average Bonchev–Trinajstić information content (AvgIpc) is 3.59. The van der Waals surface area contributed by atoms with Gasteiger partial charge in [-0.3, -0.25) is 4.79 Å². The molecule has 0 radical (unpaired) electrons. The molecule has 0 N–H and O–H groups in total. The zero-order valence-corrected chi connectivity index (χ0v) is 51.1. The van der Waals surface area contributed by atoms with Crippen molar-refractivity contribution in [1.29, 1.82) is 0 Å². The van der Waals surface area contributed by atoms with Crippen LogP contribution in [0.4, 0.5) is 11.4 Å². The van der Waals surface area contributed by atoms with Gasteiger partial charge in [0.1, 0.15) is 13.2 Å². The van der Waals surface area contributed by atoms with Gasteiger partial charge in [0.2, 0.25) is 15.2 Å². The van der Waals surface area contributed by atoms with Gasteiger partial charge < -0.3 is 19.3 Å². The molecule has 0 unspecified atom stereocenters. The second kappa shape index (κ2) is 27.8. The van der Waals surface area contributed by atoms with Gasteiger partial charge in [0.15, 0.2) is 40.7 Å². The Morgan fingerprint density at radius 1 is 0.475 bits per heavy atom. The van der Waals surface area contributed by atoms with Crippen molar-refractivity contribution in [3.8, 4) is 22.8 Å². The normalized spacial score (nSPS) is 14.7. The molecule has 0 bridgehead atoms. The molecule has 2 heterocycles. The smallest absolute Gasteiger partial charge is 0.338 e. The van der Waals surface area contributed by atoms with Crippen molar-refractivity contribution in [1.82, 2.24) is 29.9 Å². The molecule has 7 rings (SSSR count). The van der Waals surface area contributed by atoms with E-state index >= 15 is 0 Å². The summed E-state index contributed by atoms with van der Waals surface area (Å²) in [5.74, 6) is -1.81. The number of allylic oxidation sites excluding steroid dienone is 6. The predicted molar refractivity (Wildman–Crippen MR) is 325 cm³/mol. The third kappa shape index (κ3) is 18.0. The third-order valence-corrected chi connectivity index (χ3v) is 14.0. The van der Waals surface area contributed by atoms with E-state index in [-0.39, 0.29) is 53.9 Å². The number of carbonyl (C=O) groups is 3. The first kappa shape index (κ1) is 63.1. The molecule has 4 aromatic carbocycles. The van der Waals surface area contributed by atoms with E-state index in [9.17, 15) is 14.4 Å². The second-order valence-corrected chi connectivity index (χ2v) is 26.8. The summed E-state index contributed by atoms with van der Waals surface area (Å²) in [6, 6.07) is 28.3. The monoisotopic (exact) mass is 1320 g/mol. The molecule has 1 saturated carbocycles. The van der Waals surface area contributed by atoms with Gasteiger partial charge >= 0.3 is 11.9 Å². The third-order valence-electron chi connectivity index (χ3n) is 11.9. The lowest BCUT2D eigenvalue weighted by Crippen LogP contribution is -2.23. The summed E-state index contributed by atoms with van der Waals surface area (Å²) in [4.78, 5) is 68.1. The molecule has 0 spiro atoms. The van der Waals surface area contributed by atoms with Gasteiger partial charge in [0.05, 0.1) is 24.2 Å². The summed E-state index contributed by atoms with van der Waals surface area (Å²) in [6.45, 7) is 1.11. The maximum absolute atomic E-state index is 13.6. The van der Waals surface area contributed by atoms with E-state index in [1.54, 1.807) is 48.5 Å². The highest BCUT2D eigenvalue weighted by Gasteiger charge is 2.36. The largest absolute Gasteiger partial charge is 0.460 e. The van der Waals surface area contributed by atoms with Gasteiger partial charge in [-0.25, -0.2) is 39.5 Å². The summed E-state index contributed by atoms with van der Waals surface area (Å²) in [7, 11) is 3.80. The van der Waals surface area contributed by atoms with Crippen molar-refractivity contribution in [2.75, 3.05) is 50.2 Å². The Hall–Kier alpha value is -4.45. The van der Waals surface area contributed by atoms with Crippen molar-refractivity contribution in [3.63, 3.8) is 0 Å². The number of aromatic nitrogens is 6. The molecule has 13 nitrogen and oxygen atoms in total. The molecule has 0 saturated heterocycles. The van der Waals surface area contributed by atoms with Crippen molar-refractivity contribution in [2.24, 2.45) is 0 Å². The lowest BCUT2D eigenvalue weighted by molar-refractivity contribution is -0.112. The van der Waals surface area contributed by atoms with Crippen LogP contribution in [0.3, 0.4) is 0 Å². The van der Waals surface area contributed by atoms with Crippen LogP contribution in [0.15, 0.2) is 133 Å². The standard InChI is InChI=1S/C55H44Cl12N8O5/c1-74(29-31-79-46(77)39-21-17-37(18-22-39)44-68-48(52(56,57)58)72-49(69-44)53(59,60)61)41-25-13-33(14-26-41)7-5-11-35-9-3-4-10-36(43(35)76)12-6-8-34-15-27-42(28-16-34)75(2)30-32-80-47(78)40-23-19-38(20-24-40)45-70-50(54(62,63)64)73-51(71-45)55(65,66)67/h5-8,11-28H,3-4,9-10,29-32H2,1-2H3/b7-5+,8-6+,35-11+,36-12+. The van der Waals surface area contributed by atoms with E-state index in [2.05, 4.69) is 29.9 Å². The number of alkyl halides is 12. The number of esters is 2.